The van der Waals surface area contributed by atoms with E-state index in [1.165, 1.54) is 42.5 Å². The Labute approximate surface area is 186 Å². The van der Waals surface area contributed by atoms with Gasteiger partial charge in [0.1, 0.15) is 0 Å². The van der Waals surface area contributed by atoms with Gasteiger partial charge in [0.2, 0.25) is 0 Å². The first-order valence-corrected chi connectivity index (χ1v) is 10.8. The lowest BCUT2D eigenvalue weighted by Gasteiger charge is -2.33. The second kappa shape index (κ2) is 7.87. The van der Waals surface area contributed by atoms with Crippen LogP contribution in [0, 0.1) is 0 Å². The van der Waals surface area contributed by atoms with E-state index in [0.29, 0.717) is 5.02 Å². The van der Waals surface area contributed by atoms with Crippen LogP contribution in [0.15, 0.2) is 54.6 Å². The first kappa shape index (κ1) is 22.0. The lowest BCUT2D eigenvalue weighted by molar-refractivity contribution is 0.402. The van der Waals surface area contributed by atoms with E-state index in [4.69, 9.17) is 46.4 Å². The van der Waals surface area contributed by atoms with Crippen LogP contribution in [0.1, 0.15) is 16.7 Å². The zero-order valence-electron chi connectivity index (χ0n) is 14.3. The molecular formula is C19H12Cl4O5S. The minimum atomic E-state index is -5.02. The summed E-state index contributed by atoms with van der Waals surface area (Å²) in [6.45, 7) is 0. The Morgan fingerprint density at radius 1 is 0.690 bits per heavy atom. The summed E-state index contributed by atoms with van der Waals surface area (Å²) < 4.78 is 34.0. The molecule has 1 atom stereocenters. The predicted octanol–water partition coefficient (Wildman–Crippen LogP) is 5.89. The van der Waals surface area contributed by atoms with Gasteiger partial charge in [-0.05, 0) is 47.5 Å². The molecule has 0 aromatic heterocycles. The Kier molecular flexibility index (Phi) is 5.98. The molecule has 3 aromatic carbocycles. The molecule has 0 saturated carbocycles. The van der Waals surface area contributed by atoms with E-state index in [0.717, 1.165) is 12.1 Å². The third-order valence-corrected chi connectivity index (χ3v) is 6.82. The molecule has 0 heterocycles. The molecule has 0 aliphatic rings. The number of benzene rings is 3. The highest BCUT2D eigenvalue weighted by Crippen LogP contribution is 2.49. The van der Waals surface area contributed by atoms with Crippen LogP contribution < -0.4 is 0 Å². The van der Waals surface area contributed by atoms with Crippen molar-refractivity contribution in [2.24, 2.45) is 0 Å². The van der Waals surface area contributed by atoms with E-state index in [1.807, 2.05) is 0 Å². The van der Waals surface area contributed by atoms with E-state index in [-0.39, 0.29) is 31.8 Å². The summed E-state index contributed by atoms with van der Waals surface area (Å²) in [5.74, 6) is -1.21. The largest absolute Gasteiger partial charge is 0.504 e. The third-order valence-electron chi connectivity index (χ3n) is 4.35. The summed E-state index contributed by atoms with van der Waals surface area (Å²) in [7, 11) is -5.02. The molecule has 3 rings (SSSR count). The third kappa shape index (κ3) is 3.89. The van der Waals surface area contributed by atoms with E-state index >= 15 is 0 Å². The second-order valence-corrected chi connectivity index (χ2v) is 9.42. The predicted molar refractivity (Wildman–Crippen MR) is 114 cm³/mol. The molecule has 152 valence electrons. The molecule has 0 saturated heterocycles. The fourth-order valence-electron chi connectivity index (χ4n) is 3.18. The van der Waals surface area contributed by atoms with Gasteiger partial charge in [-0.15, -0.1) is 0 Å². The van der Waals surface area contributed by atoms with Crippen LogP contribution in [0.25, 0.3) is 0 Å². The normalized spacial score (nSPS) is 13.8. The van der Waals surface area contributed by atoms with Crippen LogP contribution in [-0.4, -0.2) is 23.2 Å². The molecule has 0 spiro atoms. The van der Waals surface area contributed by atoms with Gasteiger partial charge >= 0.3 is 0 Å². The van der Waals surface area contributed by atoms with Crippen LogP contribution in [0.2, 0.25) is 20.1 Å². The molecule has 5 nitrogen and oxygen atoms in total. The number of hydrogen-bond donors (Lipinski definition) is 3. The van der Waals surface area contributed by atoms with Crippen molar-refractivity contribution < 1.29 is 23.2 Å². The van der Waals surface area contributed by atoms with Crippen molar-refractivity contribution in [3.05, 3.63) is 91.4 Å². The first-order valence-electron chi connectivity index (χ1n) is 7.88. The first-order chi connectivity index (χ1) is 13.5. The van der Waals surface area contributed by atoms with E-state index in [9.17, 15) is 23.2 Å². The fraction of sp³-hybridized carbons (Fsp3) is 0.0526. The Balaban J connectivity index is 2.58. The molecule has 1 unspecified atom stereocenters. The van der Waals surface area contributed by atoms with Gasteiger partial charge in [0.15, 0.2) is 16.2 Å². The molecule has 3 aromatic rings. The van der Waals surface area contributed by atoms with Crippen molar-refractivity contribution in [3.63, 3.8) is 0 Å². The molecule has 0 aliphatic carbocycles. The van der Waals surface area contributed by atoms with Crippen molar-refractivity contribution in [2.75, 3.05) is 0 Å². The number of aromatic hydroxyl groups is 2. The van der Waals surface area contributed by atoms with Gasteiger partial charge in [0.25, 0.3) is 10.1 Å². The highest BCUT2D eigenvalue weighted by molar-refractivity contribution is 7.87. The Morgan fingerprint density at radius 2 is 1.21 bits per heavy atom. The zero-order chi connectivity index (χ0) is 21.6. The van der Waals surface area contributed by atoms with E-state index in [2.05, 4.69) is 0 Å². The van der Waals surface area contributed by atoms with Crippen LogP contribution in [0.3, 0.4) is 0 Å². The van der Waals surface area contributed by atoms with Crippen molar-refractivity contribution in [2.45, 2.75) is 4.75 Å². The lowest BCUT2D eigenvalue weighted by Crippen LogP contribution is -2.38. The minimum Gasteiger partial charge on any atom is -0.504 e. The standard InChI is InChI=1S/C19H12Cl4O5S/c20-12-3-1-10(2-4-12)19(29(26,27)28,11-5-13(21)7-14(22)6-11)15-8-17(24)18(25)9-16(15)23/h1-9,24-25H,(H,26,27,28). The van der Waals surface area contributed by atoms with Gasteiger partial charge in [-0.2, -0.15) is 8.42 Å². The van der Waals surface area contributed by atoms with Crippen molar-refractivity contribution in [1.82, 2.24) is 0 Å². The minimum absolute atomic E-state index is 0.0354. The monoisotopic (exact) mass is 492 g/mol. The zero-order valence-corrected chi connectivity index (χ0v) is 18.1. The molecular weight excluding hydrogens is 482 g/mol. The number of hydrogen-bond acceptors (Lipinski definition) is 4. The van der Waals surface area contributed by atoms with Crippen molar-refractivity contribution >= 4 is 56.5 Å². The van der Waals surface area contributed by atoms with Crippen LogP contribution in [0.5, 0.6) is 11.5 Å². The summed E-state index contributed by atoms with van der Waals surface area (Å²) in [5, 5.41) is 20.1. The molecule has 0 bridgehead atoms. The molecule has 0 radical (unpaired) electrons. The molecule has 0 aliphatic heterocycles. The highest BCUT2D eigenvalue weighted by atomic mass is 35.5. The SMILES string of the molecule is O=S(=O)(O)C(c1ccc(Cl)cc1)(c1cc(Cl)cc(Cl)c1)c1cc(O)c(O)cc1Cl. The average molecular weight is 494 g/mol. The average Bonchev–Trinajstić information content (AvgIpc) is 2.59. The Bertz CT molecular complexity index is 1180. The number of phenols is 2. The van der Waals surface area contributed by atoms with Crippen LogP contribution in [-0.2, 0) is 14.9 Å². The number of rotatable bonds is 4. The number of phenolic OH excluding ortho intramolecular Hbond substituents is 2. The van der Waals surface area contributed by atoms with E-state index < -0.39 is 26.4 Å². The quantitative estimate of drug-likeness (QED) is 0.239. The maximum Gasteiger partial charge on any atom is 0.283 e. The molecule has 0 fully saturated rings. The maximum absolute atomic E-state index is 12.9. The van der Waals surface area contributed by atoms with Crippen molar-refractivity contribution in [1.29, 1.82) is 0 Å². The summed E-state index contributed by atoms with van der Waals surface area (Å²) in [6, 6.07) is 11.5. The summed E-state index contributed by atoms with van der Waals surface area (Å²) in [5.41, 5.74) is -0.209. The molecule has 29 heavy (non-hydrogen) atoms. The van der Waals surface area contributed by atoms with Gasteiger partial charge in [0.05, 0.1) is 5.02 Å². The fourth-order valence-corrected chi connectivity index (χ4v) is 5.48. The van der Waals surface area contributed by atoms with Gasteiger partial charge in [-0.1, -0.05) is 58.5 Å². The van der Waals surface area contributed by atoms with Gasteiger partial charge < -0.3 is 10.2 Å². The summed E-state index contributed by atoms with van der Waals surface area (Å²) >= 11 is 24.4. The smallest absolute Gasteiger partial charge is 0.283 e. The van der Waals surface area contributed by atoms with Gasteiger partial charge in [0, 0.05) is 26.7 Å². The maximum atomic E-state index is 12.9. The number of halogens is 4. The lowest BCUT2D eigenvalue weighted by atomic mass is 9.83. The second-order valence-electron chi connectivity index (χ2n) is 6.14. The van der Waals surface area contributed by atoms with Crippen LogP contribution in [0.4, 0.5) is 0 Å². The topological polar surface area (TPSA) is 94.8 Å². The van der Waals surface area contributed by atoms with Gasteiger partial charge in [-0.25, -0.2) is 0 Å². The van der Waals surface area contributed by atoms with Crippen LogP contribution >= 0.6 is 46.4 Å². The summed E-state index contributed by atoms with van der Waals surface area (Å²) in [4.78, 5) is 0. The molecule has 3 N–H and O–H groups in total. The van der Waals surface area contributed by atoms with Crippen molar-refractivity contribution in [3.8, 4) is 11.5 Å². The molecule has 0 amide bonds. The summed E-state index contributed by atoms with van der Waals surface area (Å²) in [6.07, 6.45) is 0. The highest BCUT2D eigenvalue weighted by Gasteiger charge is 2.50. The Morgan fingerprint density at radius 3 is 1.72 bits per heavy atom. The Hall–Kier alpha value is -1.67. The molecule has 10 heteroatoms. The van der Waals surface area contributed by atoms with Gasteiger partial charge in [-0.3, -0.25) is 4.55 Å². The van der Waals surface area contributed by atoms with E-state index in [1.54, 1.807) is 0 Å².